The number of barbiturate groups is 1. The van der Waals surface area contributed by atoms with Crippen molar-refractivity contribution in [2.75, 3.05) is 11.5 Å². The normalized spacial score (nSPS) is 14.7. The Labute approximate surface area is 225 Å². The minimum absolute atomic E-state index is 0.202. The van der Waals surface area contributed by atoms with E-state index in [0.29, 0.717) is 33.7 Å². The molecule has 0 bridgehead atoms. The maximum atomic E-state index is 13.2. The van der Waals surface area contributed by atoms with Gasteiger partial charge in [0.05, 0.1) is 12.3 Å². The highest BCUT2D eigenvalue weighted by molar-refractivity contribution is 9.10. The van der Waals surface area contributed by atoms with E-state index in [-0.39, 0.29) is 17.9 Å². The van der Waals surface area contributed by atoms with Crippen LogP contribution >= 0.6 is 39.1 Å². The predicted molar refractivity (Wildman–Crippen MR) is 142 cm³/mol. The van der Waals surface area contributed by atoms with Crippen LogP contribution in [-0.2, 0) is 16.2 Å². The average molecular weight is 590 g/mol. The summed E-state index contributed by atoms with van der Waals surface area (Å²) >= 11 is 15.5. The highest BCUT2D eigenvalue weighted by Crippen LogP contribution is 2.29. The maximum absolute atomic E-state index is 13.2. The molecule has 0 aliphatic carbocycles. The van der Waals surface area contributed by atoms with E-state index in [0.717, 1.165) is 14.9 Å². The van der Waals surface area contributed by atoms with Crippen molar-refractivity contribution in [3.63, 3.8) is 0 Å². The van der Waals surface area contributed by atoms with Gasteiger partial charge in [0.25, 0.3) is 11.8 Å². The predicted octanol–water partition coefficient (Wildman–Crippen LogP) is 6.40. The third-order valence-electron chi connectivity index (χ3n) is 5.18. The van der Waals surface area contributed by atoms with Crippen molar-refractivity contribution < 1.29 is 23.9 Å². The monoisotopic (exact) mass is 588 g/mol. The van der Waals surface area contributed by atoms with Crippen LogP contribution in [0.5, 0.6) is 11.5 Å². The number of amides is 4. The molecule has 0 saturated carbocycles. The van der Waals surface area contributed by atoms with Gasteiger partial charge < -0.3 is 9.47 Å². The lowest BCUT2D eigenvalue weighted by Gasteiger charge is -2.26. The number of anilines is 1. The number of benzene rings is 3. The smallest absolute Gasteiger partial charge is 0.335 e. The summed E-state index contributed by atoms with van der Waals surface area (Å²) < 4.78 is 12.1. The lowest BCUT2D eigenvalue weighted by molar-refractivity contribution is -0.122. The molecule has 1 fully saturated rings. The fourth-order valence-corrected chi connectivity index (χ4v) is 4.30. The molecular weight excluding hydrogens is 571 g/mol. The summed E-state index contributed by atoms with van der Waals surface area (Å²) in [5.74, 6) is -0.548. The number of carbonyl (C=O) groups excluding carboxylic acids is 3. The van der Waals surface area contributed by atoms with E-state index in [1.807, 2.05) is 6.92 Å². The van der Waals surface area contributed by atoms with Crippen LogP contribution < -0.4 is 19.7 Å². The Morgan fingerprint density at radius 3 is 2.42 bits per heavy atom. The molecule has 0 unspecified atom stereocenters. The van der Waals surface area contributed by atoms with E-state index < -0.39 is 17.8 Å². The Kier molecular flexibility index (Phi) is 7.98. The number of nitrogens with zero attached hydrogens (tertiary/aromatic N) is 1. The number of carbonyl (C=O) groups is 3. The Balaban J connectivity index is 1.56. The SMILES string of the molecule is CCOc1ccc(Br)cc1/C=C1\C(=O)NC(=O)N(c2ccc(OCc3ccc(Cl)cc3Cl)cc2)C1=O. The van der Waals surface area contributed by atoms with Crippen LogP contribution in [0.3, 0.4) is 0 Å². The zero-order chi connectivity index (χ0) is 25.8. The lowest BCUT2D eigenvalue weighted by Crippen LogP contribution is -2.54. The zero-order valence-corrected chi connectivity index (χ0v) is 22.0. The van der Waals surface area contributed by atoms with Crippen molar-refractivity contribution in [1.82, 2.24) is 5.32 Å². The number of ether oxygens (including phenoxy) is 2. The molecule has 0 aromatic heterocycles. The summed E-state index contributed by atoms with van der Waals surface area (Å²) in [4.78, 5) is 39.2. The van der Waals surface area contributed by atoms with Crippen LogP contribution in [0.1, 0.15) is 18.1 Å². The van der Waals surface area contributed by atoms with E-state index in [9.17, 15) is 14.4 Å². The summed E-state index contributed by atoms with van der Waals surface area (Å²) in [5, 5.41) is 3.23. The molecule has 1 aliphatic heterocycles. The summed E-state index contributed by atoms with van der Waals surface area (Å²) in [7, 11) is 0. The Hall–Kier alpha value is -3.33. The fraction of sp³-hybridized carbons (Fsp3) is 0.115. The molecule has 7 nitrogen and oxygen atoms in total. The summed E-state index contributed by atoms with van der Waals surface area (Å²) in [6.07, 6.45) is 1.40. The molecular formula is C26H19BrCl2N2O5. The number of halogens is 3. The summed E-state index contributed by atoms with van der Waals surface area (Å²) in [6.45, 7) is 2.44. The first-order valence-corrected chi connectivity index (χ1v) is 12.3. The highest BCUT2D eigenvalue weighted by Gasteiger charge is 2.37. The molecule has 184 valence electrons. The Morgan fingerprint density at radius 1 is 0.972 bits per heavy atom. The van der Waals surface area contributed by atoms with Crippen LogP contribution in [0.25, 0.3) is 6.08 Å². The number of rotatable bonds is 7. The first-order valence-electron chi connectivity index (χ1n) is 10.8. The van der Waals surface area contributed by atoms with Crippen molar-refractivity contribution in [2.24, 2.45) is 0 Å². The van der Waals surface area contributed by atoms with Gasteiger partial charge in [0.15, 0.2) is 0 Å². The van der Waals surface area contributed by atoms with Crippen molar-refractivity contribution in [2.45, 2.75) is 13.5 Å². The minimum Gasteiger partial charge on any atom is -0.493 e. The number of imide groups is 2. The molecule has 10 heteroatoms. The van der Waals surface area contributed by atoms with Gasteiger partial charge >= 0.3 is 6.03 Å². The molecule has 36 heavy (non-hydrogen) atoms. The summed E-state index contributed by atoms with van der Waals surface area (Å²) in [5.41, 5.74) is 1.34. The van der Waals surface area contributed by atoms with Gasteiger partial charge in [0.1, 0.15) is 23.7 Å². The van der Waals surface area contributed by atoms with Crippen molar-refractivity contribution in [1.29, 1.82) is 0 Å². The molecule has 0 atom stereocenters. The molecule has 1 aliphatic rings. The lowest BCUT2D eigenvalue weighted by atomic mass is 10.1. The van der Waals surface area contributed by atoms with Gasteiger partial charge in [-0.3, -0.25) is 14.9 Å². The van der Waals surface area contributed by atoms with Crippen molar-refractivity contribution in [3.8, 4) is 11.5 Å². The quantitative estimate of drug-likeness (QED) is 0.255. The largest absolute Gasteiger partial charge is 0.493 e. The molecule has 0 radical (unpaired) electrons. The first-order chi connectivity index (χ1) is 17.3. The molecule has 3 aromatic carbocycles. The van der Waals surface area contributed by atoms with E-state index in [4.69, 9.17) is 32.7 Å². The second-order valence-electron chi connectivity index (χ2n) is 7.59. The fourth-order valence-electron chi connectivity index (χ4n) is 3.46. The van der Waals surface area contributed by atoms with Crippen molar-refractivity contribution >= 4 is 68.7 Å². The third-order valence-corrected chi connectivity index (χ3v) is 6.26. The van der Waals surface area contributed by atoms with Crippen LogP contribution in [0.2, 0.25) is 10.0 Å². The Bertz CT molecular complexity index is 1380. The number of hydrogen-bond acceptors (Lipinski definition) is 5. The molecule has 0 spiro atoms. The average Bonchev–Trinajstić information content (AvgIpc) is 2.83. The topological polar surface area (TPSA) is 84.9 Å². The molecule has 1 saturated heterocycles. The molecule has 3 aromatic rings. The number of urea groups is 1. The Morgan fingerprint density at radius 2 is 1.72 bits per heavy atom. The van der Waals surface area contributed by atoms with Crippen molar-refractivity contribution in [3.05, 3.63) is 91.9 Å². The van der Waals surface area contributed by atoms with Gasteiger partial charge in [-0.25, -0.2) is 9.69 Å². The van der Waals surface area contributed by atoms with Crippen LogP contribution in [-0.4, -0.2) is 24.5 Å². The van der Waals surface area contributed by atoms with Gasteiger partial charge in [-0.2, -0.15) is 0 Å². The molecule has 4 amide bonds. The second-order valence-corrected chi connectivity index (χ2v) is 9.35. The first kappa shape index (κ1) is 25.8. The zero-order valence-electron chi connectivity index (χ0n) is 18.9. The second kappa shape index (κ2) is 11.2. The highest BCUT2D eigenvalue weighted by atomic mass is 79.9. The van der Waals surface area contributed by atoms with Gasteiger partial charge in [-0.1, -0.05) is 45.2 Å². The van der Waals surface area contributed by atoms with Gasteiger partial charge in [0, 0.05) is 25.6 Å². The third kappa shape index (κ3) is 5.73. The van der Waals surface area contributed by atoms with E-state index in [1.165, 1.54) is 6.08 Å². The van der Waals surface area contributed by atoms with E-state index in [1.54, 1.807) is 60.7 Å². The standard InChI is InChI=1S/C26H19BrCl2N2O5/c1-2-35-23-10-4-17(27)11-16(23)12-21-24(32)30-26(34)31(25(21)33)19-6-8-20(9-7-19)36-14-15-3-5-18(28)13-22(15)29/h3-13H,2,14H2,1H3,(H,30,32,34)/b21-12+. The molecule has 4 rings (SSSR count). The summed E-state index contributed by atoms with van der Waals surface area (Å²) in [6, 6.07) is 15.8. The number of hydrogen-bond donors (Lipinski definition) is 1. The van der Waals surface area contributed by atoms with Crippen LogP contribution in [0, 0.1) is 0 Å². The van der Waals surface area contributed by atoms with E-state index in [2.05, 4.69) is 21.2 Å². The maximum Gasteiger partial charge on any atom is 0.335 e. The molecule has 1 heterocycles. The van der Waals surface area contributed by atoms with Crippen LogP contribution in [0.4, 0.5) is 10.5 Å². The van der Waals surface area contributed by atoms with Crippen LogP contribution in [0.15, 0.2) is 70.7 Å². The van der Waals surface area contributed by atoms with Gasteiger partial charge in [0.2, 0.25) is 0 Å². The van der Waals surface area contributed by atoms with E-state index >= 15 is 0 Å². The van der Waals surface area contributed by atoms with Gasteiger partial charge in [-0.15, -0.1) is 0 Å². The number of nitrogens with one attached hydrogen (secondary N) is 1. The minimum atomic E-state index is -0.844. The molecule has 1 N–H and O–H groups in total. The van der Waals surface area contributed by atoms with Gasteiger partial charge in [-0.05, 0) is 67.6 Å².